The molecular weight excluding hydrogens is 295 g/mol. The highest BCUT2D eigenvalue weighted by Gasteiger charge is 2.14. The van der Waals surface area contributed by atoms with Gasteiger partial charge in [0.05, 0.1) is 38.1 Å². The molecule has 2 rings (SSSR count). The number of nitro groups is 1. The van der Waals surface area contributed by atoms with Gasteiger partial charge in [0.15, 0.2) is 0 Å². The van der Waals surface area contributed by atoms with Crippen LogP contribution in [0.5, 0.6) is 0 Å². The SMILES string of the molecule is Cc1cccc(S(=O)Cc2cc(F)cc([N+](=O)[O-])c2)c1N. The van der Waals surface area contributed by atoms with Crippen LogP contribution < -0.4 is 5.73 Å². The van der Waals surface area contributed by atoms with Crippen molar-refractivity contribution in [2.75, 3.05) is 5.73 Å². The van der Waals surface area contributed by atoms with E-state index in [1.807, 2.05) is 0 Å². The second-order valence-electron chi connectivity index (χ2n) is 4.55. The Morgan fingerprint density at radius 2 is 2.05 bits per heavy atom. The zero-order valence-corrected chi connectivity index (χ0v) is 12.0. The van der Waals surface area contributed by atoms with Crippen molar-refractivity contribution in [2.45, 2.75) is 17.6 Å². The number of rotatable bonds is 4. The highest BCUT2D eigenvalue weighted by Crippen LogP contribution is 2.24. The van der Waals surface area contributed by atoms with Gasteiger partial charge in [0, 0.05) is 6.07 Å². The summed E-state index contributed by atoms with van der Waals surface area (Å²) in [7, 11) is -1.50. The molecule has 21 heavy (non-hydrogen) atoms. The highest BCUT2D eigenvalue weighted by atomic mass is 32.2. The Morgan fingerprint density at radius 3 is 2.71 bits per heavy atom. The number of nitrogens with two attached hydrogens (primary N) is 1. The number of benzene rings is 2. The van der Waals surface area contributed by atoms with Crippen LogP contribution in [-0.4, -0.2) is 9.13 Å². The molecule has 0 bridgehead atoms. The van der Waals surface area contributed by atoms with Crippen molar-refractivity contribution < 1.29 is 13.5 Å². The number of nitro benzene ring substituents is 1. The molecule has 0 heterocycles. The van der Waals surface area contributed by atoms with E-state index in [2.05, 4.69) is 0 Å². The lowest BCUT2D eigenvalue weighted by Gasteiger charge is -2.08. The fourth-order valence-corrected chi connectivity index (χ4v) is 3.17. The molecule has 2 N–H and O–H groups in total. The first-order chi connectivity index (χ1) is 9.88. The van der Waals surface area contributed by atoms with Crippen molar-refractivity contribution in [3.8, 4) is 0 Å². The Morgan fingerprint density at radius 1 is 1.33 bits per heavy atom. The topological polar surface area (TPSA) is 86.2 Å². The van der Waals surface area contributed by atoms with Gasteiger partial charge in [-0.1, -0.05) is 12.1 Å². The first-order valence-electron chi connectivity index (χ1n) is 6.06. The Hall–Kier alpha value is -2.28. The first-order valence-corrected chi connectivity index (χ1v) is 7.37. The van der Waals surface area contributed by atoms with Crippen molar-refractivity contribution in [3.05, 3.63) is 63.5 Å². The molecule has 0 aliphatic carbocycles. The first kappa shape index (κ1) is 15.1. The minimum absolute atomic E-state index is 0.0355. The van der Waals surface area contributed by atoms with Crippen LogP contribution in [0, 0.1) is 22.9 Å². The van der Waals surface area contributed by atoms with E-state index in [1.165, 1.54) is 6.07 Å². The molecule has 0 aliphatic rings. The van der Waals surface area contributed by atoms with Gasteiger partial charge in [-0.3, -0.25) is 14.3 Å². The third-order valence-corrected chi connectivity index (χ3v) is 4.42. The third-order valence-electron chi connectivity index (χ3n) is 2.98. The monoisotopic (exact) mass is 308 g/mol. The molecule has 0 aromatic heterocycles. The lowest BCUT2D eigenvalue weighted by molar-refractivity contribution is -0.385. The van der Waals surface area contributed by atoms with Gasteiger partial charge in [-0.15, -0.1) is 0 Å². The van der Waals surface area contributed by atoms with E-state index in [4.69, 9.17) is 5.73 Å². The Balaban J connectivity index is 2.31. The van der Waals surface area contributed by atoms with Gasteiger partial charge in [-0.25, -0.2) is 4.39 Å². The molecule has 1 atom stereocenters. The van der Waals surface area contributed by atoms with Crippen molar-refractivity contribution in [1.82, 2.24) is 0 Å². The lowest BCUT2D eigenvalue weighted by Crippen LogP contribution is -2.03. The molecule has 0 aliphatic heterocycles. The predicted molar refractivity (Wildman–Crippen MR) is 78.8 cm³/mol. The molecule has 0 amide bonds. The molecular formula is C14H13FN2O3S. The molecule has 5 nitrogen and oxygen atoms in total. The van der Waals surface area contributed by atoms with Crippen molar-refractivity contribution in [3.63, 3.8) is 0 Å². The smallest absolute Gasteiger partial charge is 0.272 e. The number of hydrogen-bond acceptors (Lipinski definition) is 4. The molecule has 0 radical (unpaired) electrons. The predicted octanol–water partition coefficient (Wildman–Crippen LogP) is 2.93. The summed E-state index contributed by atoms with van der Waals surface area (Å²) in [5.74, 6) is -0.764. The fourth-order valence-electron chi connectivity index (χ4n) is 1.90. The quantitative estimate of drug-likeness (QED) is 0.534. The molecule has 2 aromatic rings. The fraction of sp³-hybridized carbons (Fsp3) is 0.143. The van der Waals surface area contributed by atoms with Crippen LogP contribution in [0.15, 0.2) is 41.3 Å². The van der Waals surface area contributed by atoms with Crippen LogP contribution in [-0.2, 0) is 16.6 Å². The van der Waals surface area contributed by atoms with Crippen LogP contribution in [0.4, 0.5) is 15.8 Å². The van der Waals surface area contributed by atoms with E-state index in [9.17, 15) is 18.7 Å². The minimum atomic E-state index is -1.50. The molecule has 0 fully saturated rings. The normalized spacial score (nSPS) is 12.1. The largest absolute Gasteiger partial charge is 0.398 e. The molecule has 1 unspecified atom stereocenters. The summed E-state index contributed by atoms with van der Waals surface area (Å²) in [5, 5.41) is 10.7. The summed E-state index contributed by atoms with van der Waals surface area (Å²) in [6, 6.07) is 8.33. The summed E-state index contributed by atoms with van der Waals surface area (Å²) in [6.45, 7) is 1.79. The maximum atomic E-state index is 13.4. The van der Waals surface area contributed by atoms with Gasteiger partial charge < -0.3 is 5.73 Å². The minimum Gasteiger partial charge on any atom is -0.398 e. The van der Waals surface area contributed by atoms with Gasteiger partial charge >= 0.3 is 0 Å². The average Bonchev–Trinajstić information content (AvgIpc) is 2.41. The van der Waals surface area contributed by atoms with Gasteiger partial charge in [-0.05, 0) is 30.2 Å². The standard InChI is InChI=1S/C14H13FN2O3S/c1-9-3-2-4-13(14(9)16)21(20)8-10-5-11(15)7-12(6-10)17(18)19/h2-7H,8,16H2,1H3. The number of nitrogen functional groups attached to an aromatic ring is 1. The average molecular weight is 308 g/mol. The molecule has 0 saturated carbocycles. The van der Waals surface area contributed by atoms with Crippen LogP contribution in [0.2, 0.25) is 0 Å². The number of para-hydroxylation sites is 1. The summed E-state index contributed by atoms with van der Waals surface area (Å²) in [5.41, 5.74) is 7.02. The van der Waals surface area contributed by atoms with Crippen LogP contribution in [0.1, 0.15) is 11.1 Å². The van der Waals surface area contributed by atoms with E-state index < -0.39 is 21.5 Å². The van der Waals surface area contributed by atoms with Gasteiger partial charge in [0.1, 0.15) is 5.82 Å². The zero-order chi connectivity index (χ0) is 15.6. The summed E-state index contributed by atoms with van der Waals surface area (Å²) in [4.78, 5) is 10.5. The van der Waals surface area contributed by atoms with Crippen LogP contribution in [0.3, 0.4) is 0 Å². The van der Waals surface area contributed by atoms with Gasteiger partial charge in [0.25, 0.3) is 5.69 Å². The van der Waals surface area contributed by atoms with Crippen molar-refractivity contribution >= 4 is 22.2 Å². The van der Waals surface area contributed by atoms with Gasteiger partial charge in [-0.2, -0.15) is 0 Å². The lowest BCUT2D eigenvalue weighted by atomic mass is 10.2. The van der Waals surface area contributed by atoms with E-state index in [-0.39, 0.29) is 11.4 Å². The van der Waals surface area contributed by atoms with E-state index in [1.54, 1.807) is 25.1 Å². The summed E-state index contributed by atoms with van der Waals surface area (Å²) < 4.78 is 25.7. The van der Waals surface area contributed by atoms with Crippen molar-refractivity contribution in [1.29, 1.82) is 0 Å². The second kappa shape index (κ2) is 6.01. The maximum absolute atomic E-state index is 13.4. The van der Waals surface area contributed by atoms with E-state index in [0.29, 0.717) is 16.1 Å². The molecule has 110 valence electrons. The highest BCUT2D eigenvalue weighted by molar-refractivity contribution is 7.84. The second-order valence-corrected chi connectivity index (χ2v) is 5.97. The zero-order valence-electron chi connectivity index (χ0n) is 11.2. The Kier molecular flexibility index (Phi) is 4.32. The number of nitrogens with zero attached hydrogens (tertiary/aromatic N) is 1. The number of anilines is 1. The summed E-state index contributed by atoms with van der Waals surface area (Å²) >= 11 is 0. The van der Waals surface area contributed by atoms with Gasteiger partial charge in [0.2, 0.25) is 0 Å². The number of hydrogen-bond donors (Lipinski definition) is 1. The molecule has 7 heteroatoms. The molecule has 2 aromatic carbocycles. The van der Waals surface area contributed by atoms with E-state index >= 15 is 0 Å². The molecule has 0 saturated heterocycles. The number of aryl methyl sites for hydroxylation is 1. The maximum Gasteiger partial charge on any atom is 0.272 e. The number of non-ortho nitro benzene ring substituents is 1. The Labute approximate surface area is 123 Å². The third kappa shape index (κ3) is 3.43. The summed E-state index contributed by atoms with van der Waals surface area (Å²) in [6.07, 6.45) is 0. The Bertz CT molecular complexity index is 734. The van der Waals surface area contributed by atoms with Crippen LogP contribution >= 0.6 is 0 Å². The number of halogens is 1. The van der Waals surface area contributed by atoms with E-state index in [0.717, 1.165) is 17.7 Å². The van der Waals surface area contributed by atoms with Crippen LogP contribution in [0.25, 0.3) is 0 Å². The van der Waals surface area contributed by atoms with Crippen molar-refractivity contribution in [2.24, 2.45) is 0 Å². The molecule has 0 spiro atoms.